The van der Waals surface area contributed by atoms with E-state index in [0.29, 0.717) is 29.2 Å². The van der Waals surface area contributed by atoms with Gasteiger partial charge in [0.2, 0.25) is 0 Å². The number of aryl methyl sites for hydroxylation is 2. The first kappa shape index (κ1) is 25.2. The Balaban J connectivity index is 1.34. The van der Waals surface area contributed by atoms with Gasteiger partial charge in [0.1, 0.15) is 11.3 Å². The van der Waals surface area contributed by atoms with Crippen LogP contribution >= 0.6 is 0 Å². The molecular formula is C31H28N8O. The predicted octanol–water partition coefficient (Wildman–Crippen LogP) is 5.60. The van der Waals surface area contributed by atoms with Crippen molar-refractivity contribution >= 4 is 16.9 Å². The summed E-state index contributed by atoms with van der Waals surface area (Å²) in [4.78, 5) is 27.1. The summed E-state index contributed by atoms with van der Waals surface area (Å²) in [7, 11) is 0. The highest BCUT2D eigenvalue weighted by Crippen LogP contribution is 2.30. The Morgan fingerprint density at radius 3 is 2.52 bits per heavy atom. The van der Waals surface area contributed by atoms with Crippen molar-refractivity contribution in [3.8, 4) is 22.5 Å². The lowest BCUT2D eigenvalue weighted by molar-refractivity contribution is 0.103. The molecule has 0 unspecified atom stereocenters. The fourth-order valence-corrected chi connectivity index (χ4v) is 4.95. The van der Waals surface area contributed by atoms with Crippen molar-refractivity contribution in [2.45, 2.75) is 39.7 Å². The SMILES string of the molecule is CCCCc1nc2cc(C(=O)c3cccnc3)c(C)nc2n1Cc1ccc(-c2ccccc2-c2nnn[nH]2)cc1. The Morgan fingerprint density at radius 2 is 1.80 bits per heavy atom. The standard InChI is InChI=1S/C31H28N8O/c1-3-4-11-28-34-27-17-26(29(40)23-8-7-16-32-18-23)20(2)33-31(27)39(28)19-21-12-14-22(15-13-21)24-9-5-6-10-25(24)30-35-37-38-36-30/h5-10,12-18H,3-4,11,19H2,1-2H3,(H,35,36,37,38). The van der Waals surface area contributed by atoms with E-state index in [1.54, 1.807) is 24.5 Å². The number of aromatic nitrogens is 8. The lowest BCUT2D eigenvalue weighted by Crippen LogP contribution is -2.08. The number of fused-ring (bicyclic) bond motifs is 1. The molecular weight excluding hydrogens is 500 g/mol. The number of hydrogen-bond donors (Lipinski definition) is 1. The van der Waals surface area contributed by atoms with Crippen LogP contribution < -0.4 is 0 Å². The van der Waals surface area contributed by atoms with Gasteiger partial charge in [0.05, 0.1) is 12.2 Å². The second-order valence-electron chi connectivity index (χ2n) is 9.74. The molecule has 9 heteroatoms. The van der Waals surface area contributed by atoms with E-state index in [2.05, 4.69) is 67.4 Å². The smallest absolute Gasteiger partial charge is 0.196 e. The van der Waals surface area contributed by atoms with Gasteiger partial charge in [-0.2, -0.15) is 0 Å². The third-order valence-electron chi connectivity index (χ3n) is 7.05. The molecule has 198 valence electrons. The van der Waals surface area contributed by atoms with Crippen molar-refractivity contribution in [2.24, 2.45) is 0 Å². The van der Waals surface area contributed by atoms with Crippen molar-refractivity contribution < 1.29 is 4.79 Å². The molecule has 1 N–H and O–H groups in total. The zero-order valence-electron chi connectivity index (χ0n) is 22.4. The fourth-order valence-electron chi connectivity index (χ4n) is 4.95. The van der Waals surface area contributed by atoms with E-state index in [1.807, 2.05) is 31.2 Å². The van der Waals surface area contributed by atoms with Gasteiger partial charge >= 0.3 is 0 Å². The number of imidazole rings is 1. The van der Waals surface area contributed by atoms with E-state index in [9.17, 15) is 4.79 Å². The number of unbranched alkanes of at least 4 members (excludes halogenated alkanes) is 1. The highest BCUT2D eigenvalue weighted by Gasteiger charge is 2.19. The van der Waals surface area contributed by atoms with E-state index < -0.39 is 0 Å². The van der Waals surface area contributed by atoms with Crippen LogP contribution in [0.15, 0.2) is 79.1 Å². The number of ketones is 1. The van der Waals surface area contributed by atoms with Gasteiger partial charge in [-0.05, 0) is 58.7 Å². The number of tetrazole rings is 1. The fraction of sp³-hybridized carbons (Fsp3) is 0.194. The van der Waals surface area contributed by atoms with Crippen LogP contribution in [0.3, 0.4) is 0 Å². The van der Waals surface area contributed by atoms with E-state index in [1.165, 1.54) is 0 Å². The molecule has 0 saturated carbocycles. The first-order chi connectivity index (χ1) is 19.6. The summed E-state index contributed by atoms with van der Waals surface area (Å²) >= 11 is 0. The maximum atomic E-state index is 13.2. The summed E-state index contributed by atoms with van der Waals surface area (Å²) in [5.41, 5.74) is 7.49. The number of pyridine rings is 2. The summed E-state index contributed by atoms with van der Waals surface area (Å²) in [5.74, 6) is 1.51. The van der Waals surface area contributed by atoms with Crippen molar-refractivity contribution in [2.75, 3.05) is 0 Å². The maximum absolute atomic E-state index is 13.2. The number of H-pyrrole nitrogens is 1. The van der Waals surface area contributed by atoms with Crippen LogP contribution in [0.4, 0.5) is 0 Å². The summed E-state index contributed by atoms with van der Waals surface area (Å²) in [6, 6.07) is 22.0. The maximum Gasteiger partial charge on any atom is 0.196 e. The first-order valence-electron chi connectivity index (χ1n) is 13.4. The molecule has 0 fully saturated rings. The lowest BCUT2D eigenvalue weighted by atomic mass is 9.98. The molecule has 40 heavy (non-hydrogen) atoms. The number of nitrogens with one attached hydrogen (secondary N) is 1. The molecule has 0 aliphatic heterocycles. The number of rotatable bonds is 9. The van der Waals surface area contributed by atoms with Crippen LogP contribution in [0.25, 0.3) is 33.7 Å². The molecule has 0 bridgehead atoms. The zero-order valence-corrected chi connectivity index (χ0v) is 22.4. The van der Waals surface area contributed by atoms with Gasteiger partial charge in [-0.1, -0.05) is 61.9 Å². The Morgan fingerprint density at radius 1 is 0.975 bits per heavy atom. The molecule has 6 rings (SSSR count). The first-order valence-corrected chi connectivity index (χ1v) is 13.4. The Hall–Kier alpha value is -5.05. The van der Waals surface area contributed by atoms with Crippen LogP contribution in [-0.4, -0.2) is 45.9 Å². The Bertz CT molecular complexity index is 1770. The van der Waals surface area contributed by atoms with Crippen LogP contribution in [0.5, 0.6) is 0 Å². The molecule has 0 aliphatic carbocycles. The largest absolute Gasteiger partial charge is 0.308 e. The highest BCUT2D eigenvalue weighted by atomic mass is 16.1. The molecule has 9 nitrogen and oxygen atoms in total. The van der Waals surface area contributed by atoms with E-state index in [0.717, 1.165) is 58.5 Å². The topological polar surface area (TPSA) is 115 Å². The van der Waals surface area contributed by atoms with Gasteiger partial charge in [-0.3, -0.25) is 9.78 Å². The summed E-state index contributed by atoms with van der Waals surface area (Å²) in [5, 5.41) is 14.4. The molecule has 0 saturated heterocycles. The third kappa shape index (κ3) is 4.89. The quantitative estimate of drug-likeness (QED) is 0.243. The van der Waals surface area contributed by atoms with Crippen LogP contribution in [0, 0.1) is 6.92 Å². The number of nitrogens with zero attached hydrogens (tertiary/aromatic N) is 7. The van der Waals surface area contributed by atoms with E-state index in [-0.39, 0.29) is 5.78 Å². The summed E-state index contributed by atoms with van der Waals surface area (Å²) < 4.78 is 2.18. The molecule has 6 aromatic rings. The molecule has 0 amide bonds. The van der Waals surface area contributed by atoms with Gasteiger partial charge in [-0.15, -0.1) is 5.10 Å². The molecule has 4 aromatic heterocycles. The molecule has 0 aliphatic rings. The molecule has 2 aromatic carbocycles. The zero-order chi connectivity index (χ0) is 27.5. The van der Waals surface area contributed by atoms with Gasteiger partial charge in [0.25, 0.3) is 0 Å². The van der Waals surface area contributed by atoms with Crippen molar-refractivity contribution in [3.63, 3.8) is 0 Å². The summed E-state index contributed by atoms with van der Waals surface area (Å²) in [6.07, 6.45) is 6.17. The molecule has 0 radical (unpaired) electrons. The average molecular weight is 529 g/mol. The third-order valence-corrected chi connectivity index (χ3v) is 7.05. The van der Waals surface area contributed by atoms with E-state index in [4.69, 9.17) is 9.97 Å². The minimum atomic E-state index is -0.0957. The highest BCUT2D eigenvalue weighted by molar-refractivity contribution is 6.10. The minimum absolute atomic E-state index is 0.0957. The predicted molar refractivity (Wildman–Crippen MR) is 153 cm³/mol. The monoisotopic (exact) mass is 528 g/mol. The van der Waals surface area contributed by atoms with Crippen molar-refractivity contribution in [1.82, 2.24) is 40.1 Å². The molecule has 0 atom stereocenters. The molecule has 4 heterocycles. The number of hydrogen-bond acceptors (Lipinski definition) is 7. The second-order valence-corrected chi connectivity index (χ2v) is 9.74. The van der Waals surface area contributed by atoms with Crippen molar-refractivity contribution in [3.05, 3.63) is 107 Å². The van der Waals surface area contributed by atoms with Gasteiger partial charge in [-0.25, -0.2) is 15.1 Å². The van der Waals surface area contributed by atoms with Gasteiger partial charge < -0.3 is 4.57 Å². The molecule has 0 spiro atoms. The van der Waals surface area contributed by atoms with Gasteiger partial charge in [0.15, 0.2) is 17.3 Å². The summed E-state index contributed by atoms with van der Waals surface area (Å²) in [6.45, 7) is 4.68. The van der Waals surface area contributed by atoms with E-state index >= 15 is 0 Å². The number of carbonyl (C=O) groups excluding carboxylic acids is 1. The normalized spacial score (nSPS) is 11.2. The minimum Gasteiger partial charge on any atom is -0.308 e. The number of carbonyl (C=O) groups is 1. The van der Waals surface area contributed by atoms with Crippen molar-refractivity contribution in [1.29, 1.82) is 0 Å². The Kier molecular flexibility index (Phi) is 6.93. The Labute approximate surface area is 231 Å². The number of benzene rings is 2. The average Bonchev–Trinajstić information content (AvgIpc) is 3.65. The number of aromatic amines is 1. The van der Waals surface area contributed by atoms with Crippen LogP contribution in [0.2, 0.25) is 0 Å². The van der Waals surface area contributed by atoms with Crippen LogP contribution in [-0.2, 0) is 13.0 Å². The van der Waals surface area contributed by atoms with Crippen LogP contribution in [0.1, 0.15) is 52.8 Å². The van der Waals surface area contributed by atoms with Gasteiger partial charge in [0, 0.05) is 35.5 Å². The second kappa shape index (κ2) is 11.0. The lowest BCUT2D eigenvalue weighted by Gasteiger charge is -2.12.